The maximum Gasteiger partial charge on any atom is 0.245 e. The third-order valence-electron chi connectivity index (χ3n) is 4.19. The number of anilines is 2. The van der Waals surface area contributed by atoms with Gasteiger partial charge >= 0.3 is 0 Å². The molecule has 0 bridgehead atoms. The van der Waals surface area contributed by atoms with Crippen molar-refractivity contribution in [2.45, 2.75) is 37.8 Å². The van der Waals surface area contributed by atoms with E-state index in [1.807, 2.05) is 12.1 Å². The van der Waals surface area contributed by atoms with Crippen LogP contribution in [0.1, 0.15) is 37.3 Å². The number of nitrogens with zero attached hydrogens (tertiary/aromatic N) is 1. The highest BCUT2D eigenvalue weighted by atomic mass is 16.2. The molecule has 1 aromatic rings. The van der Waals surface area contributed by atoms with Crippen molar-refractivity contribution in [2.24, 2.45) is 5.73 Å². The first-order valence-corrected chi connectivity index (χ1v) is 6.60. The summed E-state index contributed by atoms with van der Waals surface area (Å²) in [5.74, 6) is -0.106. The van der Waals surface area contributed by atoms with Crippen molar-refractivity contribution in [2.75, 3.05) is 17.3 Å². The molecule has 0 spiro atoms. The van der Waals surface area contributed by atoms with Gasteiger partial charge in [0.2, 0.25) is 5.91 Å². The van der Waals surface area contributed by atoms with Crippen molar-refractivity contribution in [1.82, 2.24) is 0 Å². The summed E-state index contributed by atoms with van der Waals surface area (Å²) in [5, 5.41) is 2.84. The van der Waals surface area contributed by atoms with Crippen molar-refractivity contribution in [3.8, 4) is 0 Å². The Kier molecular flexibility index (Phi) is 2.74. The van der Waals surface area contributed by atoms with Gasteiger partial charge in [-0.3, -0.25) is 4.79 Å². The van der Waals surface area contributed by atoms with Gasteiger partial charge in [0.05, 0.1) is 0 Å². The molecule has 3 N–H and O–H groups in total. The van der Waals surface area contributed by atoms with Gasteiger partial charge in [0.25, 0.3) is 0 Å². The third-order valence-corrected chi connectivity index (χ3v) is 4.19. The zero-order valence-electron chi connectivity index (χ0n) is 10.6. The predicted molar refractivity (Wildman–Crippen MR) is 72.7 cm³/mol. The molecule has 4 nitrogen and oxygen atoms in total. The Balaban J connectivity index is 1.87. The second kappa shape index (κ2) is 4.28. The molecule has 2 aliphatic rings. The molecule has 1 saturated carbocycles. The number of fused-ring (bicyclic) bond motifs is 1. The molecule has 0 aromatic heterocycles. The SMILES string of the molecule is CN(c1ccc2c(c1)NC(=O)C2N)C1CCCC1. The largest absolute Gasteiger partial charge is 0.372 e. The van der Waals surface area contributed by atoms with Gasteiger partial charge in [-0.1, -0.05) is 18.9 Å². The Bertz CT molecular complexity index is 480. The summed E-state index contributed by atoms with van der Waals surface area (Å²) in [6, 6.07) is 6.20. The summed E-state index contributed by atoms with van der Waals surface area (Å²) in [4.78, 5) is 13.8. The van der Waals surface area contributed by atoms with Crippen molar-refractivity contribution >= 4 is 17.3 Å². The van der Waals surface area contributed by atoms with Crippen LogP contribution in [0.5, 0.6) is 0 Å². The summed E-state index contributed by atoms with van der Waals surface area (Å²) < 4.78 is 0. The van der Waals surface area contributed by atoms with E-state index >= 15 is 0 Å². The maximum atomic E-state index is 11.5. The van der Waals surface area contributed by atoms with Gasteiger partial charge < -0.3 is 16.0 Å². The van der Waals surface area contributed by atoms with Gasteiger partial charge in [-0.2, -0.15) is 0 Å². The van der Waals surface area contributed by atoms with Crippen LogP contribution in [0.4, 0.5) is 11.4 Å². The van der Waals surface area contributed by atoms with Crippen LogP contribution >= 0.6 is 0 Å². The molecule has 1 aliphatic carbocycles. The van der Waals surface area contributed by atoms with E-state index in [1.165, 1.54) is 25.7 Å². The molecule has 1 fully saturated rings. The van der Waals surface area contributed by atoms with Gasteiger partial charge in [-0.05, 0) is 25.0 Å². The number of carbonyl (C=O) groups is 1. The molecule has 1 heterocycles. The molecule has 0 radical (unpaired) electrons. The van der Waals surface area contributed by atoms with Crippen LogP contribution in [0.15, 0.2) is 18.2 Å². The minimum absolute atomic E-state index is 0.106. The average Bonchev–Trinajstić information content (AvgIpc) is 2.98. The molecule has 1 aliphatic heterocycles. The first kappa shape index (κ1) is 11.5. The van der Waals surface area contributed by atoms with Crippen molar-refractivity contribution in [3.63, 3.8) is 0 Å². The van der Waals surface area contributed by atoms with Gasteiger partial charge in [-0.25, -0.2) is 0 Å². The summed E-state index contributed by atoms with van der Waals surface area (Å²) in [6.07, 6.45) is 5.17. The second-order valence-electron chi connectivity index (χ2n) is 5.29. The number of hydrogen-bond donors (Lipinski definition) is 2. The summed E-state index contributed by atoms with van der Waals surface area (Å²) >= 11 is 0. The number of amides is 1. The monoisotopic (exact) mass is 245 g/mol. The summed E-state index contributed by atoms with van der Waals surface area (Å²) in [5.41, 5.74) is 8.75. The van der Waals surface area contributed by atoms with Crippen LogP contribution < -0.4 is 16.0 Å². The highest BCUT2D eigenvalue weighted by Crippen LogP contribution is 2.34. The smallest absolute Gasteiger partial charge is 0.245 e. The molecular weight excluding hydrogens is 226 g/mol. The highest BCUT2D eigenvalue weighted by Gasteiger charge is 2.28. The lowest BCUT2D eigenvalue weighted by molar-refractivity contribution is -0.116. The van der Waals surface area contributed by atoms with Crippen LogP contribution in [0, 0.1) is 0 Å². The lowest BCUT2D eigenvalue weighted by Gasteiger charge is -2.27. The minimum atomic E-state index is -0.508. The van der Waals surface area contributed by atoms with E-state index in [-0.39, 0.29) is 5.91 Å². The van der Waals surface area contributed by atoms with E-state index in [4.69, 9.17) is 5.73 Å². The summed E-state index contributed by atoms with van der Waals surface area (Å²) in [7, 11) is 2.13. The Morgan fingerprint density at radius 3 is 2.78 bits per heavy atom. The van der Waals surface area contributed by atoms with Crippen LogP contribution in [-0.4, -0.2) is 19.0 Å². The second-order valence-corrected chi connectivity index (χ2v) is 5.29. The fraction of sp³-hybridized carbons (Fsp3) is 0.500. The zero-order chi connectivity index (χ0) is 12.7. The van der Waals surface area contributed by atoms with E-state index in [1.54, 1.807) is 0 Å². The van der Waals surface area contributed by atoms with Crippen LogP contribution in [0.3, 0.4) is 0 Å². The van der Waals surface area contributed by atoms with Crippen molar-refractivity contribution in [3.05, 3.63) is 23.8 Å². The highest BCUT2D eigenvalue weighted by molar-refractivity contribution is 6.02. The third kappa shape index (κ3) is 1.77. The topological polar surface area (TPSA) is 58.4 Å². The van der Waals surface area contributed by atoms with E-state index < -0.39 is 6.04 Å². The molecule has 1 atom stereocenters. The molecule has 0 saturated heterocycles. The van der Waals surface area contributed by atoms with Crippen molar-refractivity contribution < 1.29 is 4.79 Å². The number of hydrogen-bond acceptors (Lipinski definition) is 3. The predicted octanol–water partition coefficient (Wildman–Crippen LogP) is 2.02. The van der Waals surface area contributed by atoms with Gasteiger partial charge in [-0.15, -0.1) is 0 Å². The molecule has 1 amide bonds. The molecule has 96 valence electrons. The number of carbonyl (C=O) groups excluding carboxylic acids is 1. The Hall–Kier alpha value is -1.55. The molecule has 1 unspecified atom stereocenters. The lowest BCUT2D eigenvalue weighted by Crippen LogP contribution is -2.28. The fourth-order valence-corrected chi connectivity index (χ4v) is 3.00. The molecule has 3 rings (SSSR count). The first-order valence-electron chi connectivity index (χ1n) is 6.60. The molecule has 18 heavy (non-hydrogen) atoms. The molecule has 1 aromatic carbocycles. The minimum Gasteiger partial charge on any atom is -0.372 e. The van der Waals surface area contributed by atoms with Crippen LogP contribution in [0.25, 0.3) is 0 Å². The van der Waals surface area contributed by atoms with Gasteiger partial charge in [0.1, 0.15) is 6.04 Å². The van der Waals surface area contributed by atoms with E-state index in [0.29, 0.717) is 6.04 Å². The standard InChI is InChI=1S/C14H19N3O/c1-17(9-4-2-3-5-9)10-6-7-11-12(8-10)16-14(18)13(11)15/h6-9,13H,2-5,15H2,1H3,(H,16,18). The number of rotatable bonds is 2. The number of nitrogens with one attached hydrogen (secondary N) is 1. The van der Waals surface area contributed by atoms with E-state index in [2.05, 4.69) is 23.3 Å². The Labute approximate surface area is 107 Å². The zero-order valence-corrected chi connectivity index (χ0v) is 10.6. The van der Waals surface area contributed by atoms with E-state index in [9.17, 15) is 4.79 Å². The first-order chi connectivity index (χ1) is 8.66. The van der Waals surface area contributed by atoms with Crippen molar-refractivity contribution in [1.29, 1.82) is 0 Å². The Morgan fingerprint density at radius 1 is 1.33 bits per heavy atom. The number of benzene rings is 1. The maximum absolute atomic E-state index is 11.5. The molecule has 4 heteroatoms. The lowest BCUT2D eigenvalue weighted by atomic mass is 10.1. The Morgan fingerprint density at radius 2 is 2.06 bits per heavy atom. The van der Waals surface area contributed by atoms with E-state index in [0.717, 1.165) is 16.9 Å². The van der Waals surface area contributed by atoms with Gasteiger partial charge in [0.15, 0.2) is 0 Å². The van der Waals surface area contributed by atoms with Crippen LogP contribution in [-0.2, 0) is 4.79 Å². The quantitative estimate of drug-likeness (QED) is 0.838. The average molecular weight is 245 g/mol. The molecular formula is C14H19N3O. The van der Waals surface area contributed by atoms with Gasteiger partial charge in [0, 0.05) is 30.0 Å². The fourth-order valence-electron chi connectivity index (χ4n) is 3.00. The normalized spacial score (nSPS) is 23.0. The summed E-state index contributed by atoms with van der Waals surface area (Å²) in [6.45, 7) is 0. The van der Waals surface area contributed by atoms with Crippen LogP contribution in [0.2, 0.25) is 0 Å². The number of nitrogens with two attached hydrogens (primary N) is 1.